The normalized spacial score (nSPS) is 14.3. The van der Waals surface area contributed by atoms with Crippen LogP contribution in [0.1, 0.15) is 50.0 Å². The van der Waals surface area contributed by atoms with Gasteiger partial charge in [0.1, 0.15) is 5.82 Å². The van der Waals surface area contributed by atoms with Crippen molar-refractivity contribution in [1.82, 2.24) is 9.55 Å². The maximum atomic E-state index is 5.22. The Hall–Kier alpha value is -4.43. The molecule has 0 spiro atoms. The van der Waals surface area contributed by atoms with Crippen LogP contribution in [0.2, 0.25) is 0 Å². The Morgan fingerprint density at radius 2 is 1.02 bits per heavy atom. The van der Waals surface area contributed by atoms with Crippen LogP contribution in [-0.2, 0) is 0 Å². The van der Waals surface area contributed by atoms with Gasteiger partial charge in [0, 0.05) is 16.7 Å². The van der Waals surface area contributed by atoms with Crippen molar-refractivity contribution >= 4 is 11.0 Å². The summed E-state index contributed by atoms with van der Waals surface area (Å²) in [7, 11) is 0. The van der Waals surface area contributed by atoms with Gasteiger partial charge >= 0.3 is 0 Å². The number of benzene rings is 5. The molecule has 0 unspecified atom stereocenters. The van der Waals surface area contributed by atoms with Crippen molar-refractivity contribution < 1.29 is 0 Å². The Balaban J connectivity index is 1.60. The Morgan fingerprint density at radius 1 is 0.525 bits per heavy atom. The molecule has 196 valence electrons. The number of aromatic nitrogens is 2. The van der Waals surface area contributed by atoms with Gasteiger partial charge in [-0.1, -0.05) is 129 Å². The molecule has 2 nitrogen and oxygen atoms in total. The van der Waals surface area contributed by atoms with Crippen molar-refractivity contribution in [3.63, 3.8) is 0 Å². The van der Waals surface area contributed by atoms with Gasteiger partial charge in [-0.2, -0.15) is 0 Å². The highest BCUT2D eigenvalue weighted by Gasteiger charge is 2.24. The third kappa shape index (κ3) is 4.64. The van der Waals surface area contributed by atoms with Crippen LogP contribution >= 0.6 is 0 Å². The maximum Gasteiger partial charge on any atom is 0.145 e. The highest BCUT2D eigenvalue weighted by molar-refractivity contribution is 5.92. The molecule has 0 aliphatic heterocycles. The lowest BCUT2D eigenvalue weighted by atomic mass is 9.85. The van der Waals surface area contributed by atoms with Crippen LogP contribution < -0.4 is 0 Å². The van der Waals surface area contributed by atoms with E-state index in [1.54, 1.807) is 0 Å². The molecule has 1 aliphatic carbocycles. The Kier molecular flexibility index (Phi) is 6.75. The second kappa shape index (κ2) is 11.0. The van der Waals surface area contributed by atoms with E-state index in [0.717, 1.165) is 22.4 Å². The summed E-state index contributed by atoms with van der Waals surface area (Å²) in [6, 6.07) is 46.0. The molecule has 0 bridgehead atoms. The fourth-order valence-electron chi connectivity index (χ4n) is 6.45. The van der Waals surface area contributed by atoms with E-state index in [1.165, 1.54) is 72.0 Å². The number of hydrogen-bond acceptors (Lipinski definition) is 1. The van der Waals surface area contributed by atoms with Gasteiger partial charge in [0.25, 0.3) is 0 Å². The van der Waals surface area contributed by atoms with E-state index in [9.17, 15) is 0 Å². The molecular weight excluding hydrogens is 484 g/mol. The largest absolute Gasteiger partial charge is 0.291 e. The first kappa shape index (κ1) is 24.6. The number of nitrogens with zero attached hydrogens (tertiary/aromatic N) is 2. The molecule has 0 amide bonds. The quantitative estimate of drug-likeness (QED) is 0.208. The molecule has 0 radical (unpaired) electrons. The summed E-state index contributed by atoms with van der Waals surface area (Å²) < 4.78 is 2.41. The second-order valence-electron chi connectivity index (χ2n) is 11.0. The molecule has 6 aromatic rings. The lowest BCUT2D eigenvalue weighted by molar-refractivity contribution is 0.593. The molecule has 1 saturated carbocycles. The number of fused-ring (bicyclic) bond motifs is 1. The first-order chi connectivity index (χ1) is 19.9. The zero-order valence-electron chi connectivity index (χ0n) is 22.8. The molecule has 1 aliphatic rings. The third-order valence-electron chi connectivity index (χ3n) is 8.44. The van der Waals surface area contributed by atoms with Gasteiger partial charge in [-0.15, -0.1) is 0 Å². The molecule has 0 N–H and O–H groups in total. The summed E-state index contributed by atoms with van der Waals surface area (Å²) in [4.78, 5) is 5.22. The van der Waals surface area contributed by atoms with Gasteiger partial charge in [-0.25, -0.2) is 4.98 Å². The number of imidazole rings is 1. The van der Waals surface area contributed by atoms with Crippen LogP contribution in [0, 0.1) is 0 Å². The average Bonchev–Trinajstić information content (AvgIpc) is 3.19. The third-order valence-corrected chi connectivity index (χ3v) is 8.44. The molecule has 40 heavy (non-hydrogen) atoms. The zero-order valence-corrected chi connectivity index (χ0v) is 22.8. The van der Waals surface area contributed by atoms with Gasteiger partial charge in [-0.05, 0) is 59.7 Å². The predicted molar refractivity (Wildman–Crippen MR) is 168 cm³/mol. The topological polar surface area (TPSA) is 17.8 Å². The lowest BCUT2D eigenvalue weighted by Gasteiger charge is -2.24. The average molecular weight is 519 g/mol. The van der Waals surface area contributed by atoms with Crippen molar-refractivity contribution in [3.05, 3.63) is 133 Å². The van der Waals surface area contributed by atoms with Crippen LogP contribution in [0.3, 0.4) is 0 Å². The van der Waals surface area contributed by atoms with E-state index in [2.05, 4.69) is 132 Å². The van der Waals surface area contributed by atoms with Crippen molar-refractivity contribution in [2.45, 2.75) is 44.4 Å². The molecule has 1 heterocycles. The molecule has 0 atom stereocenters. The summed E-state index contributed by atoms with van der Waals surface area (Å²) in [5.74, 6) is 1.56. The molecule has 1 aromatic heterocycles. The monoisotopic (exact) mass is 518 g/mol. The standard InChI is InChI=1S/C38H34N2/c1-2-7-17-28(16-6-1)32-26-33(29-18-8-3-9-19-29)37(34(27-32)30-20-10-4-11-21-30)40-36-25-15-14-24-35(36)39-38(40)31-22-12-5-13-23-31/h3-5,8-15,18-28H,1-2,6-7,16-17H2. The maximum absolute atomic E-state index is 5.22. The van der Waals surface area contributed by atoms with E-state index >= 15 is 0 Å². The van der Waals surface area contributed by atoms with Crippen LogP contribution in [0.4, 0.5) is 0 Å². The Bertz CT molecular complexity index is 1660. The summed E-state index contributed by atoms with van der Waals surface area (Å²) in [5.41, 5.74) is 10.9. The minimum Gasteiger partial charge on any atom is -0.291 e. The minimum absolute atomic E-state index is 0.592. The molecule has 5 aromatic carbocycles. The molecule has 2 heteroatoms. The van der Waals surface area contributed by atoms with Crippen LogP contribution in [-0.4, -0.2) is 9.55 Å². The van der Waals surface area contributed by atoms with Gasteiger partial charge in [0.05, 0.1) is 16.7 Å². The van der Waals surface area contributed by atoms with E-state index in [1.807, 2.05) is 0 Å². The summed E-state index contributed by atoms with van der Waals surface area (Å²) in [6.07, 6.45) is 7.88. The fraction of sp³-hybridized carbons (Fsp3) is 0.184. The van der Waals surface area contributed by atoms with Crippen molar-refractivity contribution in [2.75, 3.05) is 0 Å². The van der Waals surface area contributed by atoms with E-state index in [4.69, 9.17) is 4.98 Å². The Labute approximate surface area is 237 Å². The Morgan fingerprint density at radius 3 is 1.60 bits per heavy atom. The highest BCUT2D eigenvalue weighted by atomic mass is 15.1. The van der Waals surface area contributed by atoms with Gasteiger partial charge in [0.2, 0.25) is 0 Å². The first-order valence-corrected chi connectivity index (χ1v) is 14.7. The number of para-hydroxylation sites is 2. The number of rotatable bonds is 5. The van der Waals surface area contributed by atoms with Gasteiger partial charge < -0.3 is 0 Å². The van der Waals surface area contributed by atoms with Gasteiger partial charge in [-0.3, -0.25) is 4.57 Å². The summed E-state index contributed by atoms with van der Waals surface area (Å²) in [6.45, 7) is 0. The first-order valence-electron chi connectivity index (χ1n) is 14.7. The fourth-order valence-corrected chi connectivity index (χ4v) is 6.45. The van der Waals surface area contributed by atoms with Crippen molar-refractivity contribution in [1.29, 1.82) is 0 Å². The summed E-state index contributed by atoms with van der Waals surface area (Å²) >= 11 is 0. The number of hydrogen-bond donors (Lipinski definition) is 0. The van der Waals surface area contributed by atoms with Crippen molar-refractivity contribution in [2.24, 2.45) is 0 Å². The van der Waals surface area contributed by atoms with Crippen LogP contribution in [0.5, 0.6) is 0 Å². The molecule has 0 saturated heterocycles. The van der Waals surface area contributed by atoms with Gasteiger partial charge in [0.15, 0.2) is 0 Å². The van der Waals surface area contributed by atoms with Crippen LogP contribution in [0.15, 0.2) is 127 Å². The second-order valence-corrected chi connectivity index (χ2v) is 11.0. The highest BCUT2D eigenvalue weighted by Crippen LogP contribution is 2.44. The zero-order chi connectivity index (χ0) is 26.7. The van der Waals surface area contributed by atoms with E-state index < -0.39 is 0 Å². The summed E-state index contributed by atoms with van der Waals surface area (Å²) in [5, 5.41) is 0. The smallest absolute Gasteiger partial charge is 0.145 e. The van der Waals surface area contributed by atoms with Crippen LogP contribution in [0.25, 0.3) is 50.4 Å². The molecule has 1 fully saturated rings. The molecule has 7 rings (SSSR count). The van der Waals surface area contributed by atoms with E-state index in [-0.39, 0.29) is 0 Å². The molecular formula is C38H34N2. The SMILES string of the molecule is c1ccc(-c2cc(C3CCCCCC3)cc(-c3ccccc3)c2-n2c(-c3ccccc3)nc3ccccc32)cc1. The van der Waals surface area contributed by atoms with Crippen molar-refractivity contribution in [3.8, 4) is 39.3 Å². The minimum atomic E-state index is 0.592. The lowest BCUT2D eigenvalue weighted by Crippen LogP contribution is -2.06. The van der Waals surface area contributed by atoms with E-state index in [0.29, 0.717) is 5.92 Å². The predicted octanol–water partition coefficient (Wildman–Crippen LogP) is 10.5.